The minimum atomic E-state index is -0.471. The quantitative estimate of drug-likeness (QED) is 0.297. The molecular weight excluding hydrogens is 453 g/mol. The van der Waals surface area contributed by atoms with E-state index in [-0.39, 0.29) is 18.1 Å². The summed E-state index contributed by atoms with van der Waals surface area (Å²) in [5.41, 5.74) is 13.0. The Balaban J connectivity index is 1.40. The smallest absolute Gasteiger partial charge is 0.276 e. The summed E-state index contributed by atoms with van der Waals surface area (Å²) >= 11 is 11.9. The largest absolute Gasteiger partial charge is 0.482 e. The molecule has 4 aromatic rings. The second-order valence-corrected chi connectivity index (χ2v) is 7.37. The highest BCUT2D eigenvalue weighted by molar-refractivity contribution is 6.35. The summed E-state index contributed by atoms with van der Waals surface area (Å²) in [5.74, 6) is 0.442. The van der Waals surface area contributed by atoms with Gasteiger partial charge in [0.2, 0.25) is 0 Å². The maximum Gasteiger partial charge on any atom is 0.276 e. The topological polar surface area (TPSA) is 127 Å². The summed E-state index contributed by atoms with van der Waals surface area (Å²) < 4.78 is 5.39. The van der Waals surface area contributed by atoms with E-state index in [0.29, 0.717) is 21.6 Å². The van der Waals surface area contributed by atoms with Gasteiger partial charge in [0.15, 0.2) is 18.2 Å². The van der Waals surface area contributed by atoms with E-state index in [1.54, 1.807) is 18.3 Å². The normalized spacial score (nSPS) is 10.6. The number of hydrazine groups is 1. The molecule has 9 nitrogen and oxygen atoms in total. The number of rotatable bonds is 7. The molecule has 0 fully saturated rings. The van der Waals surface area contributed by atoms with Crippen LogP contribution in [0.5, 0.6) is 5.75 Å². The van der Waals surface area contributed by atoms with Gasteiger partial charge in [-0.1, -0.05) is 41.4 Å². The number of pyridine rings is 1. The van der Waals surface area contributed by atoms with Crippen LogP contribution in [0.2, 0.25) is 10.0 Å². The molecule has 0 saturated carbocycles. The molecule has 0 aliphatic rings. The molecule has 162 valence electrons. The van der Waals surface area contributed by atoms with Crippen molar-refractivity contribution in [2.24, 2.45) is 0 Å². The third-order valence-electron chi connectivity index (χ3n) is 4.34. The average molecular weight is 470 g/mol. The molecule has 2 aromatic heterocycles. The number of halogens is 2. The number of para-hydroxylation sites is 1. The summed E-state index contributed by atoms with van der Waals surface area (Å²) in [5, 5.41) is 4.90. The van der Waals surface area contributed by atoms with E-state index in [9.17, 15) is 4.79 Å². The maximum atomic E-state index is 12.1. The van der Waals surface area contributed by atoms with Crippen LogP contribution in [0.15, 0.2) is 61.1 Å². The van der Waals surface area contributed by atoms with Gasteiger partial charge in [-0.25, -0.2) is 9.97 Å². The van der Waals surface area contributed by atoms with Crippen LogP contribution in [-0.4, -0.2) is 27.5 Å². The van der Waals surface area contributed by atoms with Gasteiger partial charge in [-0.2, -0.15) is 0 Å². The zero-order valence-corrected chi connectivity index (χ0v) is 18.0. The molecule has 0 aliphatic carbocycles. The molecule has 0 aliphatic heterocycles. The fourth-order valence-corrected chi connectivity index (χ4v) is 3.29. The Morgan fingerprint density at radius 3 is 2.69 bits per heavy atom. The van der Waals surface area contributed by atoms with Crippen LogP contribution < -0.4 is 26.6 Å². The second-order valence-electron chi connectivity index (χ2n) is 6.53. The molecule has 1 amide bonds. The van der Waals surface area contributed by atoms with E-state index >= 15 is 0 Å². The molecule has 32 heavy (non-hydrogen) atoms. The predicted octanol–water partition coefficient (Wildman–Crippen LogP) is 4.18. The van der Waals surface area contributed by atoms with Gasteiger partial charge in [-0.05, 0) is 30.3 Å². The van der Waals surface area contributed by atoms with Gasteiger partial charge in [0.05, 0.1) is 16.2 Å². The zero-order valence-electron chi connectivity index (χ0n) is 16.5. The monoisotopic (exact) mass is 469 g/mol. The molecule has 5 N–H and O–H groups in total. The summed E-state index contributed by atoms with van der Waals surface area (Å²) in [6.07, 6.45) is 3.02. The molecule has 11 heteroatoms. The first-order valence-electron chi connectivity index (χ1n) is 9.35. The standard InChI is InChI=1S/C21H17Cl2N7O2/c22-13-6-7-16(14(23)9-13)32-10-17(31)29-30-21-18(24)20(26-11-27-21)28-15-5-1-3-12-4-2-8-25-19(12)15/h1-9,11H,10,24H2,(H,29,31)(H2,26,27,28,30). The van der Waals surface area contributed by atoms with Crippen molar-refractivity contribution in [1.82, 2.24) is 20.4 Å². The third kappa shape index (κ3) is 4.90. The minimum Gasteiger partial charge on any atom is -0.482 e. The first-order valence-corrected chi connectivity index (χ1v) is 10.1. The van der Waals surface area contributed by atoms with E-state index in [1.807, 2.05) is 30.3 Å². The fourth-order valence-electron chi connectivity index (χ4n) is 2.83. The molecule has 0 spiro atoms. The summed E-state index contributed by atoms with van der Waals surface area (Å²) in [6, 6.07) is 14.3. The Hall–Kier alpha value is -3.82. The average Bonchev–Trinajstić information content (AvgIpc) is 2.79. The number of hydrogen-bond donors (Lipinski definition) is 4. The lowest BCUT2D eigenvalue weighted by atomic mass is 10.2. The molecule has 0 bridgehead atoms. The number of nitrogens with zero attached hydrogens (tertiary/aromatic N) is 3. The van der Waals surface area contributed by atoms with E-state index in [2.05, 4.69) is 31.1 Å². The van der Waals surface area contributed by atoms with Gasteiger partial charge in [0, 0.05) is 16.6 Å². The van der Waals surface area contributed by atoms with Gasteiger partial charge >= 0.3 is 0 Å². The molecule has 2 heterocycles. The van der Waals surface area contributed by atoms with Crippen molar-refractivity contribution in [3.63, 3.8) is 0 Å². The molecule has 4 rings (SSSR count). The molecule has 0 unspecified atom stereocenters. The number of nitrogens with one attached hydrogen (secondary N) is 3. The van der Waals surface area contributed by atoms with Gasteiger partial charge in [0.1, 0.15) is 17.8 Å². The van der Waals surface area contributed by atoms with Crippen LogP contribution in [0.1, 0.15) is 0 Å². The number of carbonyl (C=O) groups is 1. The highest BCUT2D eigenvalue weighted by Gasteiger charge is 2.12. The van der Waals surface area contributed by atoms with Gasteiger partial charge < -0.3 is 15.8 Å². The van der Waals surface area contributed by atoms with Crippen molar-refractivity contribution in [2.45, 2.75) is 0 Å². The lowest BCUT2D eigenvalue weighted by molar-refractivity contribution is -0.122. The molecule has 0 atom stereocenters. The number of ether oxygens (including phenoxy) is 1. The summed E-state index contributed by atoms with van der Waals surface area (Å²) in [4.78, 5) is 24.8. The van der Waals surface area contributed by atoms with Crippen LogP contribution in [0, 0.1) is 0 Å². The minimum absolute atomic E-state index is 0.211. The first-order chi connectivity index (χ1) is 15.5. The number of anilines is 4. The summed E-state index contributed by atoms with van der Waals surface area (Å²) in [6.45, 7) is -0.286. The SMILES string of the molecule is Nc1c(NNC(=O)COc2ccc(Cl)cc2Cl)ncnc1Nc1cccc2cccnc12. The number of nitrogens with two attached hydrogens (primary N) is 1. The Morgan fingerprint density at radius 1 is 1.03 bits per heavy atom. The number of nitrogen functional groups attached to an aromatic ring is 1. The van der Waals surface area contributed by atoms with E-state index < -0.39 is 5.91 Å². The highest BCUT2D eigenvalue weighted by Crippen LogP contribution is 2.29. The van der Waals surface area contributed by atoms with Crippen molar-refractivity contribution in [1.29, 1.82) is 0 Å². The molecule has 0 radical (unpaired) electrons. The maximum absolute atomic E-state index is 12.1. The lowest BCUT2D eigenvalue weighted by Gasteiger charge is -2.14. The predicted molar refractivity (Wildman–Crippen MR) is 125 cm³/mol. The Labute approximate surface area is 192 Å². The number of amides is 1. The van der Waals surface area contributed by atoms with Crippen LogP contribution in [0.25, 0.3) is 10.9 Å². The van der Waals surface area contributed by atoms with Crippen LogP contribution >= 0.6 is 23.2 Å². The van der Waals surface area contributed by atoms with Crippen molar-refractivity contribution >= 4 is 63.0 Å². The molecular formula is C21H17Cl2N7O2. The van der Waals surface area contributed by atoms with Crippen molar-refractivity contribution in [2.75, 3.05) is 23.1 Å². The van der Waals surface area contributed by atoms with Crippen LogP contribution in [0.4, 0.5) is 23.0 Å². The van der Waals surface area contributed by atoms with Crippen molar-refractivity contribution in [3.05, 3.63) is 71.1 Å². The number of aromatic nitrogens is 3. The summed E-state index contributed by atoms with van der Waals surface area (Å²) in [7, 11) is 0. The van der Waals surface area contributed by atoms with Crippen LogP contribution in [-0.2, 0) is 4.79 Å². The number of hydrogen-bond acceptors (Lipinski definition) is 8. The van der Waals surface area contributed by atoms with E-state index in [1.165, 1.54) is 12.4 Å². The van der Waals surface area contributed by atoms with Crippen molar-refractivity contribution < 1.29 is 9.53 Å². The molecule has 0 saturated heterocycles. The number of fused-ring (bicyclic) bond motifs is 1. The van der Waals surface area contributed by atoms with Gasteiger partial charge in [0.25, 0.3) is 5.91 Å². The van der Waals surface area contributed by atoms with Gasteiger partial charge in [-0.15, -0.1) is 0 Å². The lowest BCUT2D eigenvalue weighted by Crippen LogP contribution is -2.34. The van der Waals surface area contributed by atoms with Gasteiger partial charge in [-0.3, -0.25) is 20.6 Å². The van der Waals surface area contributed by atoms with E-state index in [4.69, 9.17) is 33.7 Å². The Kier molecular flexibility index (Phi) is 6.39. The third-order valence-corrected chi connectivity index (χ3v) is 4.87. The zero-order chi connectivity index (χ0) is 22.5. The Morgan fingerprint density at radius 2 is 1.84 bits per heavy atom. The first kappa shape index (κ1) is 21.4. The highest BCUT2D eigenvalue weighted by atomic mass is 35.5. The second kappa shape index (κ2) is 9.54. The number of carbonyl (C=O) groups excluding carboxylic acids is 1. The Bertz CT molecular complexity index is 1280. The van der Waals surface area contributed by atoms with Crippen molar-refractivity contribution in [3.8, 4) is 5.75 Å². The van der Waals surface area contributed by atoms with Crippen LogP contribution in [0.3, 0.4) is 0 Å². The molecule has 2 aromatic carbocycles. The fraction of sp³-hybridized carbons (Fsp3) is 0.0476. The van der Waals surface area contributed by atoms with E-state index in [0.717, 1.165) is 16.6 Å². The number of benzene rings is 2.